The van der Waals surface area contributed by atoms with Gasteiger partial charge in [0.2, 0.25) is 10.0 Å². The van der Waals surface area contributed by atoms with Gasteiger partial charge < -0.3 is 14.2 Å². The van der Waals surface area contributed by atoms with Crippen LogP contribution in [0.5, 0.6) is 5.75 Å². The van der Waals surface area contributed by atoms with Crippen molar-refractivity contribution in [3.63, 3.8) is 0 Å². The first-order valence-electron chi connectivity index (χ1n) is 9.94. The molecule has 1 unspecified atom stereocenters. The third-order valence-corrected chi connectivity index (χ3v) is 7.55. The van der Waals surface area contributed by atoms with Crippen LogP contribution in [0.25, 0.3) is 0 Å². The number of sulfonamides is 1. The largest absolute Gasteiger partial charge is 0.497 e. The van der Waals surface area contributed by atoms with Crippen LogP contribution in [0.2, 0.25) is 0 Å². The molecule has 7 nitrogen and oxygen atoms in total. The van der Waals surface area contributed by atoms with Crippen LogP contribution in [0, 0.1) is 0 Å². The number of hydrogen-bond donors (Lipinski definition) is 0. The molecule has 158 valence electrons. The molecule has 0 N–H and O–H groups in total. The predicted molar refractivity (Wildman–Crippen MR) is 112 cm³/mol. The van der Waals surface area contributed by atoms with Crippen molar-refractivity contribution in [1.82, 2.24) is 13.8 Å². The minimum Gasteiger partial charge on any atom is -0.497 e. The molecule has 1 aliphatic rings. The van der Waals surface area contributed by atoms with E-state index in [9.17, 15) is 13.2 Å². The first-order chi connectivity index (χ1) is 13.8. The van der Waals surface area contributed by atoms with E-state index in [1.165, 1.54) is 16.6 Å². The number of aromatic nitrogens is 1. The molecule has 2 heterocycles. The van der Waals surface area contributed by atoms with Crippen LogP contribution in [-0.4, -0.2) is 54.8 Å². The van der Waals surface area contributed by atoms with Crippen molar-refractivity contribution in [3.8, 4) is 5.75 Å². The maximum absolute atomic E-state index is 13.3. The van der Waals surface area contributed by atoms with Crippen molar-refractivity contribution >= 4 is 15.9 Å². The van der Waals surface area contributed by atoms with Gasteiger partial charge in [-0.2, -0.15) is 4.31 Å². The van der Waals surface area contributed by atoms with E-state index in [2.05, 4.69) is 0 Å². The molecule has 29 heavy (non-hydrogen) atoms. The van der Waals surface area contributed by atoms with E-state index >= 15 is 0 Å². The minimum atomic E-state index is -3.61. The Morgan fingerprint density at radius 3 is 2.62 bits per heavy atom. The fourth-order valence-corrected chi connectivity index (χ4v) is 5.48. The maximum Gasteiger partial charge on any atom is 0.271 e. The number of nitrogens with zero attached hydrogens (tertiary/aromatic N) is 3. The molecule has 0 saturated carbocycles. The summed E-state index contributed by atoms with van der Waals surface area (Å²) in [6.45, 7) is 5.03. The summed E-state index contributed by atoms with van der Waals surface area (Å²) >= 11 is 0. The second kappa shape index (κ2) is 8.59. The van der Waals surface area contributed by atoms with E-state index in [0.717, 1.165) is 24.2 Å². The van der Waals surface area contributed by atoms with Gasteiger partial charge in [-0.1, -0.05) is 26.0 Å². The Hall–Kier alpha value is -2.32. The Morgan fingerprint density at radius 2 is 1.97 bits per heavy atom. The average Bonchev–Trinajstić information content (AvgIpc) is 3.35. The van der Waals surface area contributed by atoms with Gasteiger partial charge >= 0.3 is 0 Å². The van der Waals surface area contributed by atoms with Gasteiger partial charge in [0.15, 0.2) is 0 Å². The van der Waals surface area contributed by atoms with E-state index in [-0.39, 0.29) is 16.8 Å². The summed E-state index contributed by atoms with van der Waals surface area (Å²) in [6.07, 6.45) is 3.30. The maximum atomic E-state index is 13.3. The second-order valence-electron chi connectivity index (χ2n) is 7.19. The van der Waals surface area contributed by atoms with Crippen molar-refractivity contribution in [2.75, 3.05) is 26.7 Å². The SMILES string of the molecule is CCN(CC)S(=O)(=O)c1cc(C(=O)N2CCCC2c2cccc(OC)c2)n(C)c1. The topological polar surface area (TPSA) is 71.8 Å². The first kappa shape index (κ1) is 21.4. The molecule has 0 bridgehead atoms. The lowest BCUT2D eigenvalue weighted by atomic mass is 10.0. The Bertz CT molecular complexity index is 980. The Balaban J connectivity index is 1.91. The number of carbonyl (C=O) groups excluding carboxylic acids is 1. The normalized spacial score (nSPS) is 17.1. The van der Waals surface area contributed by atoms with Gasteiger partial charge in [-0.15, -0.1) is 0 Å². The summed E-state index contributed by atoms with van der Waals surface area (Å²) in [5, 5.41) is 0. The number of carbonyl (C=O) groups is 1. The monoisotopic (exact) mass is 419 g/mol. The van der Waals surface area contributed by atoms with E-state index in [4.69, 9.17) is 4.74 Å². The molecule has 1 aromatic carbocycles. The van der Waals surface area contributed by atoms with Gasteiger partial charge in [-0.05, 0) is 36.6 Å². The summed E-state index contributed by atoms with van der Waals surface area (Å²) in [5.41, 5.74) is 1.41. The Kier molecular flexibility index (Phi) is 6.33. The minimum absolute atomic E-state index is 0.0460. The fraction of sp³-hybridized carbons (Fsp3) is 0.476. The van der Waals surface area contributed by atoms with Crippen molar-refractivity contribution in [1.29, 1.82) is 0 Å². The molecule has 0 spiro atoms. The lowest BCUT2D eigenvalue weighted by Gasteiger charge is -2.25. The van der Waals surface area contributed by atoms with Crippen molar-refractivity contribution in [2.45, 2.75) is 37.6 Å². The molecule has 1 aliphatic heterocycles. The highest BCUT2D eigenvalue weighted by Gasteiger charge is 2.33. The van der Waals surface area contributed by atoms with Crippen LogP contribution < -0.4 is 4.74 Å². The molecular formula is C21H29N3O4S. The number of amides is 1. The standard InChI is InChI=1S/C21H29N3O4S/c1-5-23(6-2)29(26,27)18-14-20(22(3)15-18)21(25)24-12-8-11-19(24)16-9-7-10-17(13-16)28-4/h7,9-10,13-15,19H,5-6,8,11-12H2,1-4H3. The predicted octanol–water partition coefficient (Wildman–Crippen LogP) is 3.04. The van der Waals surface area contributed by atoms with Crippen LogP contribution in [0.4, 0.5) is 0 Å². The number of hydrogen-bond acceptors (Lipinski definition) is 4. The number of likely N-dealkylation sites (tertiary alicyclic amines) is 1. The fourth-order valence-electron chi connectivity index (χ4n) is 3.95. The quantitative estimate of drug-likeness (QED) is 0.692. The van der Waals surface area contributed by atoms with Gasteiger partial charge in [0.05, 0.1) is 13.2 Å². The summed E-state index contributed by atoms with van der Waals surface area (Å²) in [5.74, 6) is 0.604. The van der Waals surface area contributed by atoms with Crippen LogP contribution in [0.3, 0.4) is 0 Å². The van der Waals surface area contributed by atoms with Crippen LogP contribution in [-0.2, 0) is 17.1 Å². The van der Waals surface area contributed by atoms with E-state index in [1.807, 2.05) is 29.2 Å². The Morgan fingerprint density at radius 1 is 1.24 bits per heavy atom. The van der Waals surface area contributed by atoms with E-state index in [0.29, 0.717) is 25.3 Å². The molecule has 1 amide bonds. The Labute approximate surface area is 172 Å². The lowest BCUT2D eigenvalue weighted by molar-refractivity contribution is 0.0725. The molecule has 1 atom stereocenters. The van der Waals surface area contributed by atoms with E-state index < -0.39 is 10.0 Å². The molecule has 1 aromatic heterocycles. The number of ether oxygens (including phenoxy) is 1. The number of benzene rings is 1. The smallest absolute Gasteiger partial charge is 0.271 e. The molecular weight excluding hydrogens is 390 g/mol. The molecule has 3 rings (SSSR count). The lowest BCUT2D eigenvalue weighted by Crippen LogP contribution is -2.32. The molecule has 2 aromatic rings. The van der Waals surface area contributed by atoms with Crippen LogP contribution >= 0.6 is 0 Å². The van der Waals surface area contributed by atoms with Crippen LogP contribution in [0.15, 0.2) is 41.4 Å². The van der Waals surface area contributed by atoms with Gasteiger partial charge in [-0.3, -0.25) is 4.79 Å². The molecule has 8 heteroatoms. The zero-order valence-electron chi connectivity index (χ0n) is 17.5. The van der Waals surface area contributed by atoms with Gasteiger partial charge in [0.25, 0.3) is 5.91 Å². The van der Waals surface area contributed by atoms with Gasteiger partial charge in [-0.25, -0.2) is 8.42 Å². The zero-order valence-corrected chi connectivity index (χ0v) is 18.3. The summed E-state index contributed by atoms with van der Waals surface area (Å²) in [7, 11) is -0.272. The third-order valence-electron chi connectivity index (χ3n) is 5.53. The number of rotatable bonds is 7. The number of methoxy groups -OCH3 is 1. The van der Waals surface area contributed by atoms with E-state index in [1.54, 1.807) is 32.6 Å². The summed E-state index contributed by atoms with van der Waals surface area (Å²) in [6, 6.07) is 9.21. The van der Waals surface area contributed by atoms with Crippen molar-refractivity contribution in [2.24, 2.45) is 7.05 Å². The molecule has 0 radical (unpaired) electrons. The van der Waals surface area contributed by atoms with Crippen molar-refractivity contribution in [3.05, 3.63) is 47.8 Å². The first-order valence-corrected chi connectivity index (χ1v) is 11.4. The molecule has 1 fully saturated rings. The summed E-state index contributed by atoms with van der Waals surface area (Å²) in [4.78, 5) is 15.3. The third kappa shape index (κ3) is 4.04. The number of aryl methyl sites for hydroxylation is 1. The molecule has 1 saturated heterocycles. The average molecular weight is 420 g/mol. The zero-order chi connectivity index (χ0) is 21.2. The molecule has 0 aliphatic carbocycles. The van der Waals surface area contributed by atoms with Gasteiger partial charge in [0.1, 0.15) is 16.3 Å². The highest BCUT2D eigenvalue weighted by Crippen LogP contribution is 2.35. The van der Waals surface area contributed by atoms with Crippen LogP contribution in [0.1, 0.15) is 48.8 Å². The highest BCUT2D eigenvalue weighted by atomic mass is 32.2. The van der Waals surface area contributed by atoms with Crippen molar-refractivity contribution < 1.29 is 17.9 Å². The van der Waals surface area contributed by atoms with Gasteiger partial charge in [0, 0.05) is 32.9 Å². The second-order valence-corrected chi connectivity index (χ2v) is 9.13. The summed E-state index contributed by atoms with van der Waals surface area (Å²) < 4.78 is 34.0. The highest BCUT2D eigenvalue weighted by molar-refractivity contribution is 7.89.